The number of anilines is 2. The molecule has 0 bridgehead atoms. The zero-order chi connectivity index (χ0) is 22.0. The summed E-state index contributed by atoms with van der Waals surface area (Å²) in [5.41, 5.74) is 2.66. The topological polar surface area (TPSA) is 93.1 Å². The SMILES string of the molecule is Cc1ccc(-c2ccc(NC[C@H]3CC[C@]4(CC3)CN(c3cccnn3)C(=O)O4)nc2)nc1. The third-order valence-electron chi connectivity index (χ3n) is 6.36. The van der Waals surface area contributed by atoms with E-state index in [0.29, 0.717) is 18.3 Å². The average molecular weight is 431 g/mol. The number of carbonyl (C=O) groups excluding carboxylic acids is 1. The van der Waals surface area contributed by atoms with Crippen LogP contribution < -0.4 is 10.2 Å². The third-order valence-corrected chi connectivity index (χ3v) is 6.36. The first-order valence-electron chi connectivity index (χ1n) is 11.0. The van der Waals surface area contributed by atoms with Gasteiger partial charge in [0.1, 0.15) is 11.4 Å². The van der Waals surface area contributed by atoms with E-state index in [0.717, 1.165) is 54.9 Å². The van der Waals surface area contributed by atoms with Gasteiger partial charge in [-0.3, -0.25) is 9.88 Å². The molecule has 1 saturated carbocycles. The number of nitrogens with zero attached hydrogens (tertiary/aromatic N) is 5. The van der Waals surface area contributed by atoms with E-state index < -0.39 is 5.60 Å². The zero-order valence-electron chi connectivity index (χ0n) is 18.1. The standard InChI is InChI=1S/C24H26N6O2/c1-17-4-6-20(25-13-17)19-5-7-21(27-15-19)26-14-18-8-10-24(11-9-18)16-30(23(31)32-24)22-3-2-12-28-29-22/h2-7,12-13,15,18H,8-11,14,16H2,1H3,(H,26,27)/t18-,24-. The fourth-order valence-electron chi connectivity index (χ4n) is 4.44. The summed E-state index contributed by atoms with van der Waals surface area (Å²) in [7, 11) is 0. The molecule has 3 aromatic heterocycles. The summed E-state index contributed by atoms with van der Waals surface area (Å²) in [6.45, 7) is 3.42. The smallest absolute Gasteiger partial charge is 0.416 e. The van der Waals surface area contributed by atoms with Crippen LogP contribution in [0, 0.1) is 12.8 Å². The highest BCUT2D eigenvalue weighted by Crippen LogP contribution is 2.40. The summed E-state index contributed by atoms with van der Waals surface area (Å²) in [5, 5.41) is 11.4. The van der Waals surface area contributed by atoms with Crippen LogP contribution in [0.4, 0.5) is 16.4 Å². The second-order valence-corrected chi connectivity index (χ2v) is 8.70. The lowest BCUT2D eigenvalue weighted by molar-refractivity contribution is 0.0148. The van der Waals surface area contributed by atoms with Crippen molar-refractivity contribution < 1.29 is 9.53 Å². The van der Waals surface area contributed by atoms with Crippen LogP contribution in [0.15, 0.2) is 55.0 Å². The minimum Gasteiger partial charge on any atom is -0.441 e. The second kappa shape index (κ2) is 8.53. The summed E-state index contributed by atoms with van der Waals surface area (Å²) in [5.74, 6) is 1.93. The summed E-state index contributed by atoms with van der Waals surface area (Å²) in [4.78, 5) is 23.0. The molecule has 164 valence electrons. The summed E-state index contributed by atoms with van der Waals surface area (Å²) in [6.07, 6.45) is 8.70. The third kappa shape index (κ3) is 4.26. The lowest BCUT2D eigenvalue weighted by atomic mass is 9.78. The maximum Gasteiger partial charge on any atom is 0.416 e. The number of amides is 1. The fraction of sp³-hybridized carbons (Fsp3) is 0.375. The Hall–Kier alpha value is -3.55. The number of hydrogen-bond acceptors (Lipinski definition) is 7. The van der Waals surface area contributed by atoms with Gasteiger partial charge in [-0.1, -0.05) is 6.07 Å². The van der Waals surface area contributed by atoms with Gasteiger partial charge in [0.25, 0.3) is 0 Å². The Morgan fingerprint density at radius 3 is 2.69 bits per heavy atom. The van der Waals surface area contributed by atoms with Crippen molar-refractivity contribution in [1.29, 1.82) is 0 Å². The Labute approximate surface area is 187 Å². The minimum atomic E-state index is -0.411. The van der Waals surface area contributed by atoms with E-state index in [-0.39, 0.29) is 6.09 Å². The number of carbonyl (C=O) groups is 1. The van der Waals surface area contributed by atoms with Crippen LogP contribution in [0.3, 0.4) is 0 Å². The number of aromatic nitrogens is 4. The number of ether oxygens (including phenoxy) is 1. The predicted octanol–water partition coefficient (Wildman–Crippen LogP) is 4.24. The number of nitrogens with one attached hydrogen (secondary N) is 1. The zero-order valence-corrected chi connectivity index (χ0v) is 18.1. The Morgan fingerprint density at radius 2 is 2.00 bits per heavy atom. The van der Waals surface area contributed by atoms with E-state index in [1.165, 1.54) is 0 Å². The molecular weight excluding hydrogens is 404 g/mol. The van der Waals surface area contributed by atoms with E-state index in [4.69, 9.17) is 4.74 Å². The monoisotopic (exact) mass is 430 g/mol. The Morgan fingerprint density at radius 1 is 1.12 bits per heavy atom. The maximum atomic E-state index is 12.4. The molecule has 0 unspecified atom stereocenters. The van der Waals surface area contributed by atoms with E-state index >= 15 is 0 Å². The minimum absolute atomic E-state index is 0.325. The summed E-state index contributed by atoms with van der Waals surface area (Å²) in [6, 6.07) is 11.7. The predicted molar refractivity (Wildman–Crippen MR) is 121 cm³/mol. The van der Waals surface area contributed by atoms with Gasteiger partial charge in [0.2, 0.25) is 0 Å². The van der Waals surface area contributed by atoms with Crippen molar-refractivity contribution >= 4 is 17.7 Å². The van der Waals surface area contributed by atoms with E-state index in [2.05, 4.69) is 31.5 Å². The van der Waals surface area contributed by atoms with E-state index in [9.17, 15) is 4.79 Å². The average Bonchev–Trinajstić information content (AvgIpc) is 3.16. The van der Waals surface area contributed by atoms with Gasteiger partial charge in [-0.25, -0.2) is 9.78 Å². The van der Waals surface area contributed by atoms with Crippen LogP contribution in [-0.2, 0) is 4.74 Å². The van der Waals surface area contributed by atoms with Crippen LogP contribution in [0.25, 0.3) is 11.3 Å². The summed E-state index contributed by atoms with van der Waals surface area (Å²) < 4.78 is 5.81. The van der Waals surface area contributed by atoms with Crippen LogP contribution in [0.2, 0.25) is 0 Å². The number of pyridine rings is 2. The van der Waals surface area contributed by atoms with Crippen LogP contribution in [0.5, 0.6) is 0 Å². The van der Waals surface area contributed by atoms with Crippen molar-refractivity contribution in [3.63, 3.8) is 0 Å². The summed E-state index contributed by atoms with van der Waals surface area (Å²) >= 11 is 0. The highest BCUT2D eigenvalue weighted by atomic mass is 16.6. The van der Waals surface area contributed by atoms with Crippen molar-refractivity contribution in [2.75, 3.05) is 23.3 Å². The second-order valence-electron chi connectivity index (χ2n) is 8.70. The lowest BCUT2D eigenvalue weighted by Gasteiger charge is -2.35. The van der Waals surface area contributed by atoms with Gasteiger partial charge in [-0.2, -0.15) is 5.10 Å². The normalized spacial score (nSPS) is 22.7. The molecule has 1 saturated heterocycles. The molecule has 1 spiro atoms. The van der Waals surface area contributed by atoms with Gasteiger partial charge in [-0.05, 0) is 74.4 Å². The molecule has 4 heterocycles. The Kier molecular flexibility index (Phi) is 5.43. The molecule has 1 N–H and O–H groups in total. The maximum absolute atomic E-state index is 12.4. The quantitative estimate of drug-likeness (QED) is 0.647. The molecular formula is C24H26N6O2. The van der Waals surface area contributed by atoms with Crippen molar-refractivity contribution in [2.24, 2.45) is 5.92 Å². The first-order chi connectivity index (χ1) is 15.6. The van der Waals surface area contributed by atoms with Crippen molar-refractivity contribution in [3.8, 4) is 11.3 Å². The molecule has 32 heavy (non-hydrogen) atoms. The van der Waals surface area contributed by atoms with Gasteiger partial charge in [0.05, 0.1) is 12.2 Å². The number of rotatable bonds is 5. The van der Waals surface area contributed by atoms with Crippen LogP contribution in [-0.4, -0.2) is 44.9 Å². The van der Waals surface area contributed by atoms with Gasteiger partial charge in [-0.15, -0.1) is 5.10 Å². The van der Waals surface area contributed by atoms with Gasteiger partial charge in [0.15, 0.2) is 5.82 Å². The molecule has 8 heteroatoms. The van der Waals surface area contributed by atoms with Crippen molar-refractivity contribution in [1.82, 2.24) is 20.2 Å². The molecule has 1 amide bonds. The van der Waals surface area contributed by atoms with Crippen molar-refractivity contribution in [2.45, 2.75) is 38.2 Å². The van der Waals surface area contributed by atoms with Gasteiger partial charge in [0, 0.05) is 30.7 Å². The number of hydrogen-bond donors (Lipinski definition) is 1. The molecule has 8 nitrogen and oxygen atoms in total. The Bertz CT molecular complexity index is 1060. The molecule has 2 aliphatic rings. The number of aryl methyl sites for hydroxylation is 1. The largest absolute Gasteiger partial charge is 0.441 e. The molecule has 1 aliphatic carbocycles. The molecule has 5 rings (SSSR count). The highest BCUT2D eigenvalue weighted by molar-refractivity contribution is 5.89. The van der Waals surface area contributed by atoms with E-state index in [1.54, 1.807) is 23.2 Å². The fourth-order valence-corrected chi connectivity index (χ4v) is 4.44. The first kappa shape index (κ1) is 20.4. The van der Waals surface area contributed by atoms with E-state index in [1.807, 2.05) is 37.5 Å². The molecule has 0 atom stereocenters. The van der Waals surface area contributed by atoms with Gasteiger partial charge < -0.3 is 10.1 Å². The molecule has 0 aromatic carbocycles. The van der Waals surface area contributed by atoms with Crippen LogP contribution >= 0.6 is 0 Å². The van der Waals surface area contributed by atoms with Crippen LogP contribution in [0.1, 0.15) is 31.2 Å². The Balaban J connectivity index is 1.13. The highest BCUT2D eigenvalue weighted by Gasteiger charge is 2.48. The molecule has 3 aromatic rings. The lowest BCUT2D eigenvalue weighted by Crippen LogP contribution is -2.39. The molecule has 0 radical (unpaired) electrons. The van der Waals surface area contributed by atoms with Gasteiger partial charge >= 0.3 is 6.09 Å². The molecule has 2 fully saturated rings. The van der Waals surface area contributed by atoms with Crippen molar-refractivity contribution in [3.05, 3.63) is 60.6 Å². The first-order valence-corrected chi connectivity index (χ1v) is 11.0. The molecule has 1 aliphatic heterocycles.